The molecule has 1 fully saturated rings. The molecule has 0 saturated carbocycles. The maximum atomic E-state index is 12.6. The summed E-state index contributed by atoms with van der Waals surface area (Å²) in [5.41, 5.74) is 8.29. The average Bonchev–Trinajstić information content (AvgIpc) is 2.90. The lowest BCUT2D eigenvalue weighted by Gasteiger charge is -2.43. The van der Waals surface area contributed by atoms with Crippen molar-refractivity contribution in [2.24, 2.45) is 5.11 Å². The maximum Gasteiger partial charge on any atom is 0.339 e. The summed E-state index contributed by atoms with van der Waals surface area (Å²) in [7, 11) is 1.05. The minimum atomic E-state index is -1.67. The Kier molecular flexibility index (Phi) is 12.6. The first-order valence-corrected chi connectivity index (χ1v) is 11.8. The second kappa shape index (κ2) is 15.9. The van der Waals surface area contributed by atoms with Crippen molar-refractivity contribution >= 4 is 30.2 Å². The van der Waals surface area contributed by atoms with Crippen LogP contribution in [0.15, 0.2) is 23.3 Å². The summed E-state index contributed by atoms with van der Waals surface area (Å²) in [6.45, 7) is 3.78. The van der Waals surface area contributed by atoms with E-state index in [2.05, 4.69) is 10.0 Å². The first-order valence-electron chi connectivity index (χ1n) is 11.8. The van der Waals surface area contributed by atoms with E-state index in [0.717, 1.165) is 27.9 Å². The third-order valence-corrected chi connectivity index (χ3v) is 5.08. The Hall–Kier alpha value is -4.40. The van der Waals surface area contributed by atoms with Crippen LogP contribution in [0.4, 0.5) is 0 Å². The Morgan fingerprint density at radius 2 is 1.62 bits per heavy atom. The number of hydrogen-bond acceptors (Lipinski definition) is 14. The van der Waals surface area contributed by atoms with E-state index in [4.69, 9.17) is 43.4 Å². The fourth-order valence-corrected chi connectivity index (χ4v) is 3.57. The molecule has 2 rings (SSSR count). The standard InChI is InChI=1S/C24H29N3O13/c1-13(29)36-19-20(37-14(2)30)22(38-15(3)31)24(40-21(19)23(32)33-4)39-18-11-17(6-5-16(18)12-28)35-10-9-34-8-7-26-27-25/h5-6,11-12,19-22,24H,7-10H2,1-4H3/t19-,20-,21-,22+,24+/m0/s1. The molecule has 1 heterocycles. The van der Waals surface area contributed by atoms with Crippen LogP contribution in [0.25, 0.3) is 10.4 Å². The van der Waals surface area contributed by atoms with Gasteiger partial charge in [-0.05, 0) is 17.7 Å². The van der Waals surface area contributed by atoms with E-state index < -0.39 is 54.6 Å². The van der Waals surface area contributed by atoms with Crippen molar-refractivity contribution in [2.75, 3.05) is 33.5 Å². The van der Waals surface area contributed by atoms with Crippen molar-refractivity contribution in [2.45, 2.75) is 51.5 Å². The number of carbonyl (C=O) groups is 5. The van der Waals surface area contributed by atoms with Crippen molar-refractivity contribution < 1.29 is 61.9 Å². The van der Waals surface area contributed by atoms with Crippen molar-refractivity contribution in [1.29, 1.82) is 0 Å². The van der Waals surface area contributed by atoms with Gasteiger partial charge in [0.15, 0.2) is 24.6 Å². The van der Waals surface area contributed by atoms with Gasteiger partial charge >= 0.3 is 23.9 Å². The summed E-state index contributed by atoms with van der Waals surface area (Å²) >= 11 is 0. The second-order valence-corrected chi connectivity index (χ2v) is 8.02. The van der Waals surface area contributed by atoms with Gasteiger partial charge < -0.3 is 37.9 Å². The molecule has 218 valence electrons. The third kappa shape index (κ3) is 9.41. The first kappa shape index (κ1) is 31.8. The minimum absolute atomic E-state index is 0.0314. The number of ether oxygens (including phenoxy) is 8. The number of aldehydes is 1. The molecule has 40 heavy (non-hydrogen) atoms. The number of azide groups is 1. The van der Waals surface area contributed by atoms with Gasteiger partial charge in [-0.25, -0.2) is 4.79 Å². The molecular formula is C24H29N3O13. The van der Waals surface area contributed by atoms with E-state index >= 15 is 0 Å². The smallest absolute Gasteiger partial charge is 0.339 e. The predicted molar refractivity (Wildman–Crippen MR) is 130 cm³/mol. The molecule has 5 atom stereocenters. The summed E-state index contributed by atoms with van der Waals surface area (Å²) in [5.74, 6) is -3.41. The Morgan fingerprint density at radius 3 is 2.23 bits per heavy atom. The highest BCUT2D eigenvalue weighted by atomic mass is 16.7. The van der Waals surface area contributed by atoms with Gasteiger partial charge in [0.25, 0.3) is 0 Å². The van der Waals surface area contributed by atoms with Gasteiger partial charge in [-0.15, -0.1) is 0 Å². The number of carbonyl (C=O) groups excluding carboxylic acids is 5. The molecule has 16 heteroatoms. The summed E-state index contributed by atoms with van der Waals surface area (Å²) in [6, 6.07) is 4.20. The van der Waals surface area contributed by atoms with E-state index in [9.17, 15) is 24.0 Å². The average molecular weight is 568 g/mol. The molecule has 0 N–H and O–H groups in total. The SMILES string of the molecule is COC(=O)[C@H]1O[C@@H](Oc2cc(OCCOCCN=[N+]=[N-])ccc2C=O)[C@H](OC(C)=O)[C@@H](OC(C)=O)[C@@H]1OC(C)=O. The number of hydrogen-bond donors (Lipinski definition) is 0. The fraction of sp³-hybridized carbons (Fsp3) is 0.542. The summed E-state index contributed by atoms with van der Waals surface area (Å²) in [5, 5.41) is 3.34. The number of benzene rings is 1. The molecule has 0 aliphatic carbocycles. The van der Waals surface area contributed by atoms with Crippen molar-refractivity contribution in [1.82, 2.24) is 0 Å². The summed E-state index contributed by atoms with van der Waals surface area (Å²) in [6.07, 6.45) is -7.53. The number of nitrogens with zero attached hydrogens (tertiary/aromatic N) is 3. The number of methoxy groups -OCH3 is 1. The fourth-order valence-electron chi connectivity index (χ4n) is 3.57. The summed E-state index contributed by atoms with van der Waals surface area (Å²) < 4.78 is 43.0. The molecule has 1 saturated heterocycles. The van der Waals surface area contributed by atoms with Crippen LogP contribution >= 0.6 is 0 Å². The second-order valence-electron chi connectivity index (χ2n) is 8.02. The Morgan fingerprint density at radius 1 is 0.975 bits per heavy atom. The monoisotopic (exact) mass is 567 g/mol. The predicted octanol–water partition coefficient (Wildman–Crippen LogP) is 1.28. The van der Waals surface area contributed by atoms with Gasteiger partial charge in [0.1, 0.15) is 18.1 Å². The zero-order chi connectivity index (χ0) is 29.7. The molecule has 1 aromatic rings. The third-order valence-electron chi connectivity index (χ3n) is 5.08. The van der Waals surface area contributed by atoms with E-state index in [-0.39, 0.29) is 43.4 Å². The molecule has 0 spiro atoms. The Labute approximate surface area is 228 Å². The molecule has 1 aliphatic rings. The highest BCUT2D eigenvalue weighted by Crippen LogP contribution is 2.33. The van der Waals surface area contributed by atoms with Crippen LogP contribution in [0.3, 0.4) is 0 Å². The lowest BCUT2D eigenvalue weighted by atomic mass is 9.97. The molecule has 0 bridgehead atoms. The normalized spacial score (nSPS) is 21.6. The Bertz CT molecular complexity index is 1120. The maximum absolute atomic E-state index is 12.6. The Balaban J connectivity index is 2.38. The zero-order valence-corrected chi connectivity index (χ0v) is 22.2. The number of esters is 4. The van der Waals surface area contributed by atoms with Crippen LogP contribution < -0.4 is 9.47 Å². The lowest BCUT2D eigenvalue weighted by Crippen LogP contribution is -2.64. The molecule has 0 unspecified atom stereocenters. The van der Waals surface area contributed by atoms with E-state index in [1.807, 2.05) is 0 Å². The molecule has 0 radical (unpaired) electrons. The largest absolute Gasteiger partial charge is 0.491 e. The topological polar surface area (TPSA) is 208 Å². The van der Waals surface area contributed by atoms with Gasteiger partial charge in [0.2, 0.25) is 12.4 Å². The highest BCUT2D eigenvalue weighted by molar-refractivity contribution is 5.80. The van der Waals surface area contributed by atoms with Gasteiger partial charge in [-0.2, -0.15) is 0 Å². The van der Waals surface area contributed by atoms with Crippen LogP contribution in [0.2, 0.25) is 0 Å². The van der Waals surface area contributed by atoms with Crippen molar-refractivity contribution in [3.63, 3.8) is 0 Å². The molecule has 1 aliphatic heterocycles. The molecule has 0 aromatic heterocycles. The molecular weight excluding hydrogens is 538 g/mol. The van der Waals surface area contributed by atoms with Crippen LogP contribution in [-0.2, 0) is 47.6 Å². The van der Waals surface area contributed by atoms with Crippen LogP contribution in [-0.4, -0.2) is 94.3 Å². The minimum Gasteiger partial charge on any atom is -0.491 e. The van der Waals surface area contributed by atoms with Crippen molar-refractivity contribution in [3.05, 3.63) is 34.2 Å². The van der Waals surface area contributed by atoms with Crippen LogP contribution in [0.1, 0.15) is 31.1 Å². The molecule has 1 aromatic carbocycles. The zero-order valence-electron chi connectivity index (χ0n) is 22.2. The van der Waals surface area contributed by atoms with Crippen molar-refractivity contribution in [3.8, 4) is 11.5 Å². The van der Waals surface area contributed by atoms with E-state index in [0.29, 0.717) is 6.29 Å². The van der Waals surface area contributed by atoms with E-state index in [1.54, 1.807) is 0 Å². The van der Waals surface area contributed by atoms with Gasteiger partial charge in [0, 0.05) is 38.3 Å². The summed E-state index contributed by atoms with van der Waals surface area (Å²) in [4.78, 5) is 62.6. The van der Waals surface area contributed by atoms with Crippen LogP contribution in [0, 0.1) is 0 Å². The van der Waals surface area contributed by atoms with E-state index in [1.165, 1.54) is 18.2 Å². The van der Waals surface area contributed by atoms with Gasteiger partial charge in [-0.3, -0.25) is 19.2 Å². The highest BCUT2D eigenvalue weighted by Gasteiger charge is 2.56. The quantitative estimate of drug-likeness (QED) is 0.0591. The van der Waals surface area contributed by atoms with Gasteiger partial charge in [0.05, 0.1) is 25.9 Å². The lowest BCUT2D eigenvalue weighted by molar-refractivity contribution is -0.282. The molecule has 16 nitrogen and oxygen atoms in total. The molecule has 0 amide bonds. The van der Waals surface area contributed by atoms with Gasteiger partial charge in [-0.1, -0.05) is 5.11 Å². The van der Waals surface area contributed by atoms with Crippen LogP contribution in [0.5, 0.6) is 11.5 Å². The first-order chi connectivity index (χ1) is 19.1. The number of rotatable bonds is 14.